The molecule has 0 unspecified atom stereocenters. The third-order valence-corrected chi connectivity index (χ3v) is 1.03. The molecule has 0 aromatic carbocycles. The number of hydrogen-bond acceptors (Lipinski definition) is 3. The van der Waals surface area contributed by atoms with Crippen LogP contribution in [0.3, 0.4) is 0 Å². The zero-order valence-electron chi connectivity index (χ0n) is 6.70. The molecule has 3 nitrogen and oxygen atoms in total. The minimum Gasteiger partial charge on any atom is -0.394 e. The van der Waals surface area contributed by atoms with E-state index in [2.05, 4.69) is 13.2 Å². The van der Waals surface area contributed by atoms with Crippen molar-refractivity contribution in [1.29, 1.82) is 0 Å². The van der Waals surface area contributed by atoms with Crippen LogP contribution >= 0.6 is 0 Å². The molecular weight excluding hydrogens is 142 g/mol. The quantitative estimate of drug-likeness (QED) is 0.433. The van der Waals surface area contributed by atoms with Gasteiger partial charge in [0.05, 0.1) is 13.2 Å². The van der Waals surface area contributed by atoms with Crippen LogP contribution in [0.2, 0.25) is 0 Å². The van der Waals surface area contributed by atoms with Gasteiger partial charge >= 0.3 is 0 Å². The molecule has 0 aromatic rings. The smallest absolute Gasteiger partial charge is 0.0916 e. The van der Waals surface area contributed by atoms with Crippen molar-refractivity contribution in [1.82, 2.24) is 5.06 Å². The second-order valence-corrected chi connectivity index (χ2v) is 1.98. The minimum absolute atomic E-state index is 0.0325. The molecular formula is C8H15NO2. The monoisotopic (exact) mass is 157 g/mol. The first-order valence-corrected chi connectivity index (χ1v) is 3.55. The molecule has 11 heavy (non-hydrogen) atoms. The molecule has 0 radical (unpaired) electrons. The summed E-state index contributed by atoms with van der Waals surface area (Å²) in [5.41, 5.74) is 0. The lowest BCUT2D eigenvalue weighted by Gasteiger charge is -2.17. The molecule has 3 heteroatoms. The van der Waals surface area contributed by atoms with Crippen LogP contribution in [-0.2, 0) is 4.84 Å². The Balaban J connectivity index is 3.49. The molecule has 0 heterocycles. The van der Waals surface area contributed by atoms with Crippen LogP contribution in [0.5, 0.6) is 0 Å². The zero-order valence-corrected chi connectivity index (χ0v) is 6.70. The predicted molar refractivity (Wildman–Crippen MR) is 45.0 cm³/mol. The first-order chi connectivity index (χ1) is 5.35. The van der Waals surface area contributed by atoms with Gasteiger partial charge in [0, 0.05) is 13.1 Å². The number of rotatable bonds is 7. The molecule has 64 valence electrons. The first kappa shape index (κ1) is 10.4. The van der Waals surface area contributed by atoms with E-state index in [9.17, 15) is 0 Å². The second kappa shape index (κ2) is 7.47. The van der Waals surface area contributed by atoms with E-state index in [0.717, 1.165) is 0 Å². The predicted octanol–water partition coefficient (Wildman–Crippen LogP) is 0.584. The number of aliphatic hydroxyl groups excluding tert-OH is 1. The third-order valence-electron chi connectivity index (χ3n) is 1.03. The number of hydrogen-bond donors (Lipinski definition) is 1. The standard InChI is InChI=1S/C8H15NO2/c1-3-5-9(6-4-2)11-8-7-10/h3-4,10H,1-2,5-8H2. The van der Waals surface area contributed by atoms with Gasteiger partial charge in [-0.25, -0.2) is 0 Å². The molecule has 0 spiro atoms. The van der Waals surface area contributed by atoms with Gasteiger partial charge in [-0.2, -0.15) is 5.06 Å². The lowest BCUT2D eigenvalue weighted by Crippen LogP contribution is -2.25. The molecule has 0 bridgehead atoms. The molecule has 0 fully saturated rings. The topological polar surface area (TPSA) is 32.7 Å². The van der Waals surface area contributed by atoms with Gasteiger partial charge in [0.1, 0.15) is 0 Å². The fourth-order valence-electron chi connectivity index (χ4n) is 0.638. The van der Waals surface area contributed by atoms with Crippen molar-refractivity contribution in [3.05, 3.63) is 25.3 Å². The molecule has 0 saturated heterocycles. The van der Waals surface area contributed by atoms with E-state index in [-0.39, 0.29) is 6.61 Å². The largest absolute Gasteiger partial charge is 0.394 e. The summed E-state index contributed by atoms with van der Waals surface area (Å²) in [6.45, 7) is 8.79. The lowest BCUT2D eigenvalue weighted by molar-refractivity contribution is -0.151. The van der Waals surface area contributed by atoms with Crippen molar-refractivity contribution < 1.29 is 9.94 Å². The Labute approximate surface area is 67.5 Å². The third kappa shape index (κ3) is 5.79. The summed E-state index contributed by atoms with van der Waals surface area (Å²) >= 11 is 0. The van der Waals surface area contributed by atoms with Gasteiger partial charge in [0.2, 0.25) is 0 Å². The van der Waals surface area contributed by atoms with Gasteiger partial charge in [-0.3, -0.25) is 4.84 Å². The molecule has 0 aliphatic heterocycles. The van der Waals surface area contributed by atoms with Crippen molar-refractivity contribution in [3.8, 4) is 0 Å². The van der Waals surface area contributed by atoms with Crippen molar-refractivity contribution in [2.24, 2.45) is 0 Å². The van der Waals surface area contributed by atoms with Crippen molar-refractivity contribution in [2.45, 2.75) is 0 Å². The fraction of sp³-hybridized carbons (Fsp3) is 0.500. The van der Waals surface area contributed by atoms with Gasteiger partial charge in [-0.1, -0.05) is 12.2 Å². The second-order valence-electron chi connectivity index (χ2n) is 1.98. The van der Waals surface area contributed by atoms with Gasteiger partial charge in [0.15, 0.2) is 0 Å². The molecule has 0 aliphatic carbocycles. The van der Waals surface area contributed by atoms with Gasteiger partial charge < -0.3 is 5.11 Å². The Kier molecular flexibility index (Phi) is 7.03. The number of hydroxylamine groups is 2. The average Bonchev–Trinajstić information content (AvgIpc) is 2.01. The van der Waals surface area contributed by atoms with E-state index < -0.39 is 0 Å². The van der Waals surface area contributed by atoms with Crippen molar-refractivity contribution in [2.75, 3.05) is 26.3 Å². The normalized spacial score (nSPS) is 10.0. The number of nitrogens with zero attached hydrogens (tertiary/aromatic N) is 1. The van der Waals surface area contributed by atoms with E-state index in [1.54, 1.807) is 17.2 Å². The fourth-order valence-corrected chi connectivity index (χ4v) is 0.638. The van der Waals surface area contributed by atoms with E-state index >= 15 is 0 Å². The van der Waals surface area contributed by atoms with Crippen LogP contribution in [0.1, 0.15) is 0 Å². The Morgan fingerprint density at radius 1 is 1.27 bits per heavy atom. The maximum Gasteiger partial charge on any atom is 0.0916 e. The van der Waals surface area contributed by atoms with E-state index in [1.807, 2.05) is 0 Å². The van der Waals surface area contributed by atoms with Crippen LogP contribution in [0.25, 0.3) is 0 Å². The Morgan fingerprint density at radius 2 is 1.82 bits per heavy atom. The van der Waals surface area contributed by atoms with Crippen LogP contribution in [0.4, 0.5) is 0 Å². The highest BCUT2D eigenvalue weighted by molar-refractivity contribution is 4.75. The van der Waals surface area contributed by atoms with Crippen LogP contribution < -0.4 is 0 Å². The molecule has 1 N–H and O–H groups in total. The summed E-state index contributed by atoms with van der Waals surface area (Å²) < 4.78 is 0. The Bertz CT molecular complexity index is 105. The number of aliphatic hydroxyl groups is 1. The Morgan fingerprint density at radius 3 is 2.18 bits per heavy atom. The summed E-state index contributed by atoms with van der Waals surface area (Å²) in [5, 5.41) is 10.1. The molecule has 0 saturated carbocycles. The summed E-state index contributed by atoms with van der Waals surface area (Å²) in [5.74, 6) is 0. The van der Waals surface area contributed by atoms with Crippen LogP contribution in [0.15, 0.2) is 25.3 Å². The molecule has 0 atom stereocenters. The lowest BCUT2D eigenvalue weighted by atomic mass is 10.5. The average molecular weight is 157 g/mol. The van der Waals surface area contributed by atoms with Gasteiger partial charge in [-0.15, -0.1) is 13.2 Å². The SMILES string of the molecule is C=CCN(CC=C)OCCO. The van der Waals surface area contributed by atoms with E-state index in [1.165, 1.54) is 0 Å². The van der Waals surface area contributed by atoms with Gasteiger partial charge in [-0.05, 0) is 0 Å². The molecule has 0 rings (SSSR count). The van der Waals surface area contributed by atoms with E-state index in [4.69, 9.17) is 9.94 Å². The van der Waals surface area contributed by atoms with Crippen LogP contribution in [-0.4, -0.2) is 36.5 Å². The van der Waals surface area contributed by atoms with Crippen molar-refractivity contribution in [3.63, 3.8) is 0 Å². The zero-order chi connectivity index (χ0) is 8.53. The molecule has 0 aliphatic rings. The summed E-state index contributed by atoms with van der Waals surface area (Å²) in [7, 11) is 0. The highest BCUT2D eigenvalue weighted by atomic mass is 16.7. The highest BCUT2D eigenvalue weighted by Gasteiger charge is 1.98. The Hall–Kier alpha value is -0.640. The van der Waals surface area contributed by atoms with Crippen LogP contribution in [0, 0.1) is 0 Å². The first-order valence-electron chi connectivity index (χ1n) is 3.55. The summed E-state index contributed by atoms with van der Waals surface area (Å²) in [6.07, 6.45) is 3.47. The highest BCUT2D eigenvalue weighted by Crippen LogP contribution is 1.89. The van der Waals surface area contributed by atoms with E-state index in [0.29, 0.717) is 19.7 Å². The van der Waals surface area contributed by atoms with Gasteiger partial charge in [0.25, 0.3) is 0 Å². The maximum atomic E-state index is 8.45. The maximum absolute atomic E-state index is 8.45. The minimum atomic E-state index is 0.0325. The summed E-state index contributed by atoms with van der Waals surface area (Å²) in [4.78, 5) is 5.11. The summed E-state index contributed by atoms with van der Waals surface area (Å²) in [6, 6.07) is 0. The molecule has 0 aromatic heterocycles. The van der Waals surface area contributed by atoms with Crippen molar-refractivity contribution >= 4 is 0 Å². The molecule has 0 amide bonds.